The van der Waals surface area contributed by atoms with Crippen molar-refractivity contribution in [3.63, 3.8) is 0 Å². The molecule has 1 atom stereocenters. The standard InChI is InChI=1S/C15H18FN3O2/c1-17-5-7-18(8-6-17)13-10-14(20)19(15(13)21)12-4-2-3-11(16)9-12/h2-4,9,13H,5-8,10H2,1H3. The number of nitrogens with zero attached hydrogens (tertiary/aromatic N) is 3. The zero-order chi connectivity index (χ0) is 15.0. The molecule has 0 N–H and O–H groups in total. The van der Waals surface area contributed by atoms with Crippen molar-refractivity contribution in [3.8, 4) is 0 Å². The molecule has 0 radical (unpaired) electrons. The second-order valence-electron chi connectivity index (χ2n) is 5.61. The molecule has 1 aromatic carbocycles. The van der Waals surface area contributed by atoms with E-state index in [0.29, 0.717) is 5.69 Å². The van der Waals surface area contributed by atoms with Crippen molar-refractivity contribution in [1.82, 2.24) is 9.80 Å². The molecule has 2 aliphatic heterocycles. The molecule has 2 aliphatic rings. The molecule has 2 heterocycles. The van der Waals surface area contributed by atoms with E-state index in [4.69, 9.17) is 0 Å². The Kier molecular flexibility index (Phi) is 3.73. The number of anilines is 1. The number of piperazine rings is 1. The van der Waals surface area contributed by atoms with Gasteiger partial charge in [-0.3, -0.25) is 14.5 Å². The molecule has 2 amide bonds. The maximum atomic E-state index is 13.3. The third-order valence-corrected chi connectivity index (χ3v) is 4.17. The average Bonchev–Trinajstić information content (AvgIpc) is 2.75. The largest absolute Gasteiger partial charge is 0.304 e. The Bertz CT molecular complexity index is 570. The molecule has 112 valence electrons. The van der Waals surface area contributed by atoms with Crippen LogP contribution in [0.5, 0.6) is 0 Å². The van der Waals surface area contributed by atoms with Gasteiger partial charge in [-0.2, -0.15) is 0 Å². The highest BCUT2D eigenvalue weighted by atomic mass is 19.1. The van der Waals surface area contributed by atoms with Crippen LogP contribution in [0.4, 0.5) is 10.1 Å². The first-order valence-electron chi connectivity index (χ1n) is 7.11. The number of amides is 2. The van der Waals surface area contributed by atoms with Crippen LogP contribution in [-0.2, 0) is 9.59 Å². The van der Waals surface area contributed by atoms with Gasteiger partial charge in [0.05, 0.1) is 18.2 Å². The maximum Gasteiger partial charge on any atom is 0.251 e. The molecule has 0 aliphatic carbocycles. The number of imide groups is 1. The third-order valence-electron chi connectivity index (χ3n) is 4.17. The minimum absolute atomic E-state index is 0.180. The van der Waals surface area contributed by atoms with E-state index in [1.807, 2.05) is 7.05 Å². The smallest absolute Gasteiger partial charge is 0.251 e. The van der Waals surface area contributed by atoms with Crippen LogP contribution in [-0.4, -0.2) is 60.9 Å². The predicted octanol–water partition coefficient (Wildman–Crippen LogP) is 0.705. The Labute approximate surface area is 122 Å². The molecule has 0 spiro atoms. The highest BCUT2D eigenvalue weighted by molar-refractivity contribution is 6.22. The van der Waals surface area contributed by atoms with Crippen molar-refractivity contribution in [2.75, 3.05) is 38.1 Å². The van der Waals surface area contributed by atoms with Crippen molar-refractivity contribution in [1.29, 1.82) is 0 Å². The number of carbonyl (C=O) groups excluding carboxylic acids is 2. The van der Waals surface area contributed by atoms with Gasteiger partial charge in [-0.05, 0) is 25.2 Å². The third kappa shape index (κ3) is 2.69. The molecule has 21 heavy (non-hydrogen) atoms. The lowest BCUT2D eigenvalue weighted by Gasteiger charge is -2.35. The van der Waals surface area contributed by atoms with E-state index in [1.165, 1.54) is 18.2 Å². The SMILES string of the molecule is CN1CCN(C2CC(=O)N(c3cccc(F)c3)C2=O)CC1. The molecule has 2 fully saturated rings. The van der Waals surface area contributed by atoms with Crippen LogP contribution in [0.25, 0.3) is 0 Å². The molecular formula is C15H18FN3O2. The molecule has 1 aromatic rings. The van der Waals surface area contributed by atoms with Crippen molar-refractivity contribution in [2.45, 2.75) is 12.5 Å². The number of hydrogen-bond acceptors (Lipinski definition) is 4. The Hall–Kier alpha value is -1.79. The van der Waals surface area contributed by atoms with Gasteiger partial charge in [0.2, 0.25) is 5.91 Å². The predicted molar refractivity (Wildman–Crippen MR) is 76.4 cm³/mol. The summed E-state index contributed by atoms with van der Waals surface area (Å²) in [7, 11) is 2.04. The number of carbonyl (C=O) groups is 2. The molecule has 0 aromatic heterocycles. The highest BCUT2D eigenvalue weighted by Gasteiger charge is 2.43. The summed E-state index contributed by atoms with van der Waals surface area (Å²) < 4.78 is 13.3. The first-order chi connectivity index (χ1) is 10.1. The molecule has 2 saturated heterocycles. The summed E-state index contributed by atoms with van der Waals surface area (Å²) in [6.45, 7) is 3.32. The van der Waals surface area contributed by atoms with Crippen LogP contribution in [0.15, 0.2) is 24.3 Å². The Morgan fingerprint density at radius 3 is 2.52 bits per heavy atom. The lowest BCUT2D eigenvalue weighted by molar-refractivity contribution is -0.123. The van der Waals surface area contributed by atoms with Crippen molar-refractivity contribution >= 4 is 17.5 Å². The van der Waals surface area contributed by atoms with Crippen LogP contribution in [0.2, 0.25) is 0 Å². The minimum Gasteiger partial charge on any atom is -0.304 e. The second kappa shape index (κ2) is 5.54. The summed E-state index contributed by atoms with van der Waals surface area (Å²) in [5, 5.41) is 0. The van der Waals surface area contributed by atoms with Crippen LogP contribution >= 0.6 is 0 Å². The summed E-state index contributed by atoms with van der Waals surface area (Å²) in [5.41, 5.74) is 0.321. The molecule has 5 nitrogen and oxygen atoms in total. The fraction of sp³-hybridized carbons (Fsp3) is 0.467. The van der Waals surface area contributed by atoms with Crippen LogP contribution in [0, 0.1) is 5.82 Å². The summed E-state index contributed by atoms with van der Waals surface area (Å²) in [6, 6.07) is 5.21. The number of rotatable bonds is 2. The van der Waals surface area contributed by atoms with E-state index >= 15 is 0 Å². The normalized spacial score (nSPS) is 24.9. The summed E-state index contributed by atoms with van der Waals surface area (Å²) in [4.78, 5) is 30.1. The monoisotopic (exact) mass is 291 g/mol. The van der Waals surface area contributed by atoms with Crippen LogP contribution < -0.4 is 4.90 Å². The molecule has 3 rings (SSSR count). The summed E-state index contributed by atoms with van der Waals surface area (Å²) >= 11 is 0. The van der Waals surface area contributed by atoms with E-state index < -0.39 is 11.9 Å². The van der Waals surface area contributed by atoms with Gasteiger partial charge in [-0.1, -0.05) is 6.07 Å². The Balaban J connectivity index is 1.79. The molecule has 6 heteroatoms. The van der Waals surface area contributed by atoms with Crippen molar-refractivity contribution < 1.29 is 14.0 Å². The molecule has 0 bridgehead atoms. The van der Waals surface area contributed by atoms with Crippen molar-refractivity contribution in [3.05, 3.63) is 30.1 Å². The zero-order valence-electron chi connectivity index (χ0n) is 12.0. The summed E-state index contributed by atoms with van der Waals surface area (Å²) in [6.07, 6.45) is 0.180. The highest BCUT2D eigenvalue weighted by Crippen LogP contribution is 2.26. The topological polar surface area (TPSA) is 43.9 Å². The van der Waals surface area contributed by atoms with E-state index in [1.54, 1.807) is 6.07 Å². The van der Waals surface area contributed by atoms with Crippen LogP contribution in [0.1, 0.15) is 6.42 Å². The van der Waals surface area contributed by atoms with Gasteiger partial charge in [-0.25, -0.2) is 9.29 Å². The lowest BCUT2D eigenvalue weighted by atomic mass is 10.2. The minimum atomic E-state index is -0.448. The zero-order valence-corrected chi connectivity index (χ0v) is 12.0. The number of benzene rings is 1. The van der Waals surface area contributed by atoms with Crippen LogP contribution in [0.3, 0.4) is 0 Å². The molecular weight excluding hydrogens is 273 g/mol. The van der Waals surface area contributed by atoms with E-state index in [-0.39, 0.29) is 18.2 Å². The van der Waals surface area contributed by atoms with Gasteiger partial charge in [0.25, 0.3) is 5.91 Å². The van der Waals surface area contributed by atoms with Gasteiger partial charge in [0, 0.05) is 26.2 Å². The Morgan fingerprint density at radius 2 is 1.86 bits per heavy atom. The number of likely N-dealkylation sites (N-methyl/N-ethyl adjacent to an activating group) is 1. The lowest BCUT2D eigenvalue weighted by Crippen LogP contribution is -2.51. The van der Waals surface area contributed by atoms with Gasteiger partial charge < -0.3 is 4.90 Å². The fourth-order valence-electron chi connectivity index (χ4n) is 2.92. The van der Waals surface area contributed by atoms with E-state index in [9.17, 15) is 14.0 Å². The Morgan fingerprint density at radius 1 is 1.14 bits per heavy atom. The first-order valence-corrected chi connectivity index (χ1v) is 7.11. The number of hydrogen-bond donors (Lipinski definition) is 0. The molecule has 1 unspecified atom stereocenters. The maximum absolute atomic E-state index is 13.3. The van der Waals surface area contributed by atoms with Gasteiger partial charge >= 0.3 is 0 Å². The summed E-state index contributed by atoms with van der Waals surface area (Å²) in [5.74, 6) is -0.944. The van der Waals surface area contributed by atoms with Gasteiger partial charge in [-0.15, -0.1) is 0 Å². The molecule has 0 saturated carbocycles. The average molecular weight is 291 g/mol. The van der Waals surface area contributed by atoms with Gasteiger partial charge in [0.15, 0.2) is 0 Å². The van der Waals surface area contributed by atoms with E-state index in [0.717, 1.165) is 31.1 Å². The first kappa shape index (κ1) is 14.2. The fourth-order valence-corrected chi connectivity index (χ4v) is 2.92. The second-order valence-corrected chi connectivity index (χ2v) is 5.61. The quantitative estimate of drug-likeness (QED) is 0.753. The number of halogens is 1. The van der Waals surface area contributed by atoms with E-state index in [2.05, 4.69) is 9.80 Å². The van der Waals surface area contributed by atoms with Gasteiger partial charge in [0.1, 0.15) is 5.82 Å². The van der Waals surface area contributed by atoms with Crippen molar-refractivity contribution in [2.24, 2.45) is 0 Å².